The van der Waals surface area contributed by atoms with E-state index in [1.54, 1.807) is 11.3 Å². The van der Waals surface area contributed by atoms with Gasteiger partial charge in [-0.25, -0.2) is 4.98 Å². The number of nitrogens with zero attached hydrogens (tertiary/aromatic N) is 3. The number of rotatable bonds is 4. The summed E-state index contributed by atoms with van der Waals surface area (Å²) in [6.07, 6.45) is 2.08. The van der Waals surface area contributed by atoms with Crippen molar-refractivity contribution >= 4 is 27.8 Å². The minimum absolute atomic E-state index is 0.795. The summed E-state index contributed by atoms with van der Waals surface area (Å²) in [5, 5.41) is 5.29. The zero-order chi connectivity index (χ0) is 14.1. The maximum atomic E-state index is 4.76. The number of hydrogen-bond acceptors (Lipinski definition) is 4. The van der Waals surface area contributed by atoms with Gasteiger partial charge < -0.3 is 10.2 Å². The highest BCUT2D eigenvalue weighted by atomic mass is 32.1. The fourth-order valence-electron chi connectivity index (χ4n) is 2.38. The van der Waals surface area contributed by atoms with Crippen molar-refractivity contribution in [2.24, 2.45) is 0 Å². The van der Waals surface area contributed by atoms with E-state index in [1.807, 2.05) is 7.05 Å². The molecule has 3 rings (SSSR count). The summed E-state index contributed by atoms with van der Waals surface area (Å²) in [4.78, 5) is 7.95. The van der Waals surface area contributed by atoms with Gasteiger partial charge in [0.2, 0.25) is 0 Å². The lowest BCUT2D eigenvalue weighted by atomic mass is 10.2. The number of aromatic nitrogens is 2. The largest absolute Gasteiger partial charge is 0.328 e. The van der Waals surface area contributed by atoms with Crippen LogP contribution in [0.25, 0.3) is 4.96 Å². The number of benzene rings is 1. The van der Waals surface area contributed by atoms with E-state index in [4.69, 9.17) is 4.98 Å². The van der Waals surface area contributed by atoms with Crippen molar-refractivity contribution in [2.45, 2.75) is 13.5 Å². The fourth-order valence-corrected chi connectivity index (χ4v) is 3.11. The summed E-state index contributed by atoms with van der Waals surface area (Å²) >= 11 is 1.66. The summed E-state index contributed by atoms with van der Waals surface area (Å²) in [6.45, 7) is 2.90. The number of imidazole rings is 1. The topological polar surface area (TPSA) is 32.6 Å². The molecule has 0 saturated heterocycles. The highest BCUT2D eigenvalue weighted by molar-refractivity contribution is 7.15. The van der Waals surface area contributed by atoms with Gasteiger partial charge in [-0.05, 0) is 31.7 Å². The van der Waals surface area contributed by atoms with Crippen LogP contribution in [-0.4, -0.2) is 23.5 Å². The highest BCUT2D eigenvalue weighted by Crippen LogP contribution is 2.29. The molecule has 0 unspecified atom stereocenters. The zero-order valence-corrected chi connectivity index (χ0v) is 12.7. The minimum Gasteiger partial charge on any atom is -0.328 e. The number of nitrogens with one attached hydrogen (secondary N) is 1. The van der Waals surface area contributed by atoms with Crippen LogP contribution < -0.4 is 10.2 Å². The van der Waals surface area contributed by atoms with Crippen LogP contribution >= 0.6 is 11.3 Å². The second kappa shape index (κ2) is 5.26. The summed E-state index contributed by atoms with van der Waals surface area (Å²) in [7, 11) is 4.03. The Labute approximate surface area is 122 Å². The fraction of sp³-hybridized carbons (Fsp3) is 0.267. The lowest BCUT2D eigenvalue weighted by molar-refractivity contribution is 0.782. The van der Waals surface area contributed by atoms with Gasteiger partial charge in [-0.3, -0.25) is 4.40 Å². The number of thiazole rings is 1. The van der Waals surface area contributed by atoms with Gasteiger partial charge >= 0.3 is 0 Å². The second-order valence-electron chi connectivity index (χ2n) is 4.87. The van der Waals surface area contributed by atoms with Gasteiger partial charge in [-0.1, -0.05) is 12.1 Å². The highest BCUT2D eigenvalue weighted by Gasteiger charge is 2.17. The SMILES string of the molecule is CNCc1c(N(C)c2cccc(C)c2)nc2sccn12. The third-order valence-electron chi connectivity index (χ3n) is 3.39. The predicted octanol–water partition coefficient (Wildman–Crippen LogP) is 3.19. The molecule has 4 nitrogen and oxygen atoms in total. The summed E-state index contributed by atoms with van der Waals surface area (Å²) < 4.78 is 2.16. The van der Waals surface area contributed by atoms with E-state index < -0.39 is 0 Å². The lowest BCUT2D eigenvalue weighted by Crippen LogP contribution is -2.15. The molecular formula is C15H18N4S. The molecule has 0 aliphatic heterocycles. The average Bonchev–Trinajstić information content (AvgIpc) is 3.01. The van der Waals surface area contributed by atoms with E-state index in [-0.39, 0.29) is 0 Å². The van der Waals surface area contributed by atoms with E-state index in [0.29, 0.717) is 0 Å². The van der Waals surface area contributed by atoms with Gasteiger partial charge in [0.15, 0.2) is 10.8 Å². The maximum absolute atomic E-state index is 4.76. The molecule has 1 N–H and O–H groups in total. The lowest BCUT2D eigenvalue weighted by Gasteiger charge is -2.19. The van der Waals surface area contributed by atoms with Crippen LogP contribution in [-0.2, 0) is 6.54 Å². The number of aryl methyl sites for hydroxylation is 1. The Balaban J connectivity index is 2.08. The normalized spacial score (nSPS) is 11.2. The molecule has 0 saturated carbocycles. The van der Waals surface area contributed by atoms with E-state index in [2.05, 4.69) is 64.4 Å². The van der Waals surface area contributed by atoms with Gasteiger partial charge in [0.05, 0.1) is 5.69 Å². The minimum atomic E-state index is 0.795. The van der Waals surface area contributed by atoms with Gasteiger partial charge in [-0.15, -0.1) is 11.3 Å². The van der Waals surface area contributed by atoms with E-state index in [0.717, 1.165) is 23.0 Å². The van der Waals surface area contributed by atoms with Crippen LogP contribution in [0, 0.1) is 6.92 Å². The zero-order valence-electron chi connectivity index (χ0n) is 11.9. The van der Waals surface area contributed by atoms with Crippen LogP contribution in [0.2, 0.25) is 0 Å². The van der Waals surface area contributed by atoms with Gasteiger partial charge in [0.25, 0.3) is 0 Å². The molecule has 0 amide bonds. The Hall–Kier alpha value is -1.85. The first-order valence-electron chi connectivity index (χ1n) is 6.60. The average molecular weight is 286 g/mol. The van der Waals surface area contributed by atoms with Crippen molar-refractivity contribution in [1.29, 1.82) is 0 Å². The van der Waals surface area contributed by atoms with Crippen molar-refractivity contribution in [3.05, 3.63) is 47.1 Å². The molecule has 2 aromatic heterocycles. The van der Waals surface area contributed by atoms with Crippen molar-refractivity contribution in [3.63, 3.8) is 0 Å². The molecule has 0 spiro atoms. The maximum Gasteiger partial charge on any atom is 0.195 e. The Morgan fingerprint density at radius 1 is 1.40 bits per heavy atom. The standard InChI is InChI=1S/C15H18N4S/c1-11-5-4-6-12(9-11)18(3)14-13(10-16-2)19-7-8-20-15(19)17-14/h4-9,16H,10H2,1-3H3. The second-order valence-corrected chi connectivity index (χ2v) is 5.74. The first-order chi connectivity index (χ1) is 9.70. The smallest absolute Gasteiger partial charge is 0.195 e. The summed E-state index contributed by atoms with van der Waals surface area (Å²) in [5.41, 5.74) is 3.60. The molecule has 0 fully saturated rings. The Morgan fingerprint density at radius 3 is 3.00 bits per heavy atom. The third kappa shape index (κ3) is 2.19. The molecule has 0 aliphatic rings. The Kier molecular flexibility index (Phi) is 3.46. The van der Waals surface area contributed by atoms with Crippen molar-refractivity contribution in [1.82, 2.24) is 14.7 Å². The molecule has 2 heterocycles. The molecular weight excluding hydrogens is 268 g/mol. The Bertz CT molecular complexity index is 728. The first-order valence-corrected chi connectivity index (χ1v) is 7.48. The Morgan fingerprint density at radius 2 is 2.25 bits per heavy atom. The van der Waals surface area contributed by atoms with Gasteiger partial charge in [0.1, 0.15) is 0 Å². The van der Waals surface area contributed by atoms with Crippen molar-refractivity contribution in [2.75, 3.05) is 19.0 Å². The monoisotopic (exact) mass is 286 g/mol. The van der Waals surface area contributed by atoms with Crippen LogP contribution in [0.4, 0.5) is 11.5 Å². The van der Waals surface area contributed by atoms with Crippen molar-refractivity contribution in [3.8, 4) is 0 Å². The van der Waals surface area contributed by atoms with Crippen LogP contribution in [0.5, 0.6) is 0 Å². The van der Waals surface area contributed by atoms with Crippen LogP contribution in [0.1, 0.15) is 11.3 Å². The molecule has 1 aromatic carbocycles. The van der Waals surface area contributed by atoms with Crippen LogP contribution in [0.3, 0.4) is 0 Å². The van der Waals surface area contributed by atoms with Gasteiger partial charge in [-0.2, -0.15) is 0 Å². The molecule has 3 aromatic rings. The van der Waals surface area contributed by atoms with Gasteiger partial charge in [0, 0.05) is 30.9 Å². The van der Waals surface area contributed by atoms with E-state index in [1.165, 1.54) is 11.3 Å². The molecule has 20 heavy (non-hydrogen) atoms. The van der Waals surface area contributed by atoms with E-state index >= 15 is 0 Å². The first kappa shape index (κ1) is 13.1. The molecule has 5 heteroatoms. The molecule has 104 valence electrons. The quantitative estimate of drug-likeness (QED) is 0.799. The molecule has 0 atom stereocenters. The molecule has 0 bridgehead atoms. The third-order valence-corrected chi connectivity index (χ3v) is 4.15. The summed E-state index contributed by atoms with van der Waals surface area (Å²) in [6, 6.07) is 8.48. The van der Waals surface area contributed by atoms with Crippen LogP contribution in [0.15, 0.2) is 35.8 Å². The van der Waals surface area contributed by atoms with Crippen molar-refractivity contribution < 1.29 is 0 Å². The number of hydrogen-bond donors (Lipinski definition) is 1. The molecule has 0 aliphatic carbocycles. The number of fused-ring (bicyclic) bond motifs is 1. The number of anilines is 2. The summed E-state index contributed by atoms with van der Waals surface area (Å²) in [5.74, 6) is 1.01. The predicted molar refractivity (Wildman–Crippen MR) is 85.1 cm³/mol. The molecule has 0 radical (unpaired) electrons. The van der Waals surface area contributed by atoms with E-state index in [9.17, 15) is 0 Å².